The highest BCUT2D eigenvalue weighted by Crippen LogP contribution is 2.26. The number of aliphatic imine (C=N–C) groups is 1. The Bertz CT molecular complexity index is 209. The van der Waals surface area contributed by atoms with Crippen molar-refractivity contribution in [3.63, 3.8) is 0 Å². The normalized spacial score (nSPS) is 32.2. The van der Waals surface area contributed by atoms with E-state index in [1.54, 1.807) is 0 Å². The molecule has 0 radical (unpaired) electrons. The molecule has 3 nitrogen and oxygen atoms in total. The van der Waals surface area contributed by atoms with Crippen LogP contribution in [-0.2, 0) is 0 Å². The molecule has 80 valence electrons. The minimum atomic E-state index is 0.655. The molecule has 0 atom stereocenters. The van der Waals surface area contributed by atoms with E-state index in [2.05, 4.69) is 21.9 Å². The molecule has 1 heterocycles. The van der Waals surface area contributed by atoms with Gasteiger partial charge in [-0.1, -0.05) is 0 Å². The molecule has 0 aromatic carbocycles. The Labute approximate surface area is 90.1 Å². The van der Waals surface area contributed by atoms with Crippen molar-refractivity contribution in [2.75, 3.05) is 19.3 Å². The van der Waals surface area contributed by atoms with Crippen molar-refractivity contribution < 1.29 is 0 Å². The first kappa shape index (κ1) is 10.1. The van der Waals surface area contributed by atoms with E-state index < -0.39 is 0 Å². The Kier molecular flexibility index (Phi) is 3.56. The zero-order valence-electron chi connectivity index (χ0n) is 8.75. The lowest BCUT2D eigenvalue weighted by atomic mass is 9.95. The van der Waals surface area contributed by atoms with Gasteiger partial charge in [-0.25, -0.2) is 0 Å². The smallest absolute Gasteiger partial charge is 0.191 e. The van der Waals surface area contributed by atoms with Gasteiger partial charge in [0.1, 0.15) is 0 Å². The van der Waals surface area contributed by atoms with Crippen molar-refractivity contribution in [3.8, 4) is 0 Å². The van der Waals surface area contributed by atoms with Crippen LogP contribution in [0, 0.1) is 0 Å². The molecule has 0 unspecified atom stereocenters. The largest absolute Gasteiger partial charge is 0.355 e. The highest BCUT2D eigenvalue weighted by molar-refractivity contribution is 7.99. The number of thioether (sulfide) groups is 1. The van der Waals surface area contributed by atoms with E-state index in [4.69, 9.17) is 0 Å². The average molecular weight is 213 g/mol. The topological polar surface area (TPSA) is 36.4 Å². The van der Waals surface area contributed by atoms with Crippen LogP contribution in [0.3, 0.4) is 0 Å². The maximum absolute atomic E-state index is 4.36. The van der Waals surface area contributed by atoms with Crippen LogP contribution < -0.4 is 10.6 Å². The van der Waals surface area contributed by atoms with Crippen LogP contribution in [0.25, 0.3) is 0 Å². The van der Waals surface area contributed by atoms with Gasteiger partial charge >= 0.3 is 0 Å². The third-order valence-electron chi connectivity index (χ3n) is 3.02. The molecular weight excluding hydrogens is 194 g/mol. The minimum Gasteiger partial charge on any atom is -0.355 e. The zero-order valence-corrected chi connectivity index (χ0v) is 9.57. The Morgan fingerprint density at radius 3 is 2.71 bits per heavy atom. The molecule has 0 bridgehead atoms. The second kappa shape index (κ2) is 4.91. The SMILES string of the molecule is CSC1CCC(NC2=NCCN2)CC1. The Morgan fingerprint density at radius 1 is 1.36 bits per heavy atom. The lowest BCUT2D eigenvalue weighted by Gasteiger charge is -2.28. The number of nitrogens with one attached hydrogen (secondary N) is 2. The van der Waals surface area contributed by atoms with Crippen LogP contribution in [0.5, 0.6) is 0 Å². The third-order valence-corrected chi connectivity index (χ3v) is 4.16. The minimum absolute atomic E-state index is 0.655. The van der Waals surface area contributed by atoms with Gasteiger partial charge in [-0.05, 0) is 31.9 Å². The summed E-state index contributed by atoms with van der Waals surface area (Å²) in [4.78, 5) is 4.36. The molecule has 0 saturated heterocycles. The molecule has 14 heavy (non-hydrogen) atoms. The summed E-state index contributed by atoms with van der Waals surface area (Å²) >= 11 is 2.02. The number of nitrogens with zero attached hydrogens (tertiary/aromatic N) is 1. The highest BCUT2D eigenvalue weighted by atomic mass is 32.2. The third kappa shape index (κ3) is 2.56. The average Bonchev–Trinajstić information content (AvgIpc) is 2.72. The summed E-state index contributed by atoms with van der Waals surface area (Å²) in [5.74, 6) is 1.03. The summed E-state index contributed by atoms with van der Waals surface area (Å²) in [5.41, 5.74) is 0. The summed E-state index contributed by atoms with van der Waals surface area (Å²) in [7, 11) is 0. The maximum Gasteiger partial charge on any atom is 0.191 e. The highest BCUT2D eigenvalue weighted by Gasteiger charge is 2.21. The predicted octanol–water partition coefficient (Wildman–Crippen LogP) is 1.21. The van der Waals surface area contributed by atoms with Gasteiger partial charge in [0, 0.05) is 17.8 Å². The zero-order chi connectivity index (χ0) is 9.80. The van der Waals surface area contributed by atoms with Crippen LogP contribution >= 0.6 is 11.8 Å². The van der Waals surface area contributed by atoms with Crippen molar-refractivity contribution >= 4 is 17.7 Å². The number of hydrogen-bond acceptors (Lipinski definition) is 4. The van der Waals surface area contributed by atoms with Gasteiger partial charge in [-0.2, -0.15) is 11.8 Å². The van der Waals surface area contributed by atoms with Gasteiger partial charge in [0.2, 0.25) is 0 Å². The van der Waals surface area contributed by atoms with E-state index in [0.717, 1.165) is 24.3 Å². The Morgan fingerprint density at radius 2 is 2.14 bits per heavy atom. The van der Waals surface area contributed by atoms with Crippen LogP contribution in [0.4, 0.5) is 0 Å². The Balaban J connectivity index is 1.72. The first-order chi connectivity index (χ1) is 6.88. The van der Waals surface area contributed by atoms with Gasteiger partial charge in [0.15, 0.2) is 5.96 Å². The first-order valence-corrected chi connectivity index (χ1v) is 6.75. The lowest BCUT2D eigenvalue weighted by molar-refractivity contribution is 0.419. The molecule has 0 amide bonds. The fourth-order valence-electron chi connectivity index (χ4n) is 2.13. The van der Waals surface area contributed by atoms with Crippen molar-refractivity contribution in [1.82, 2.24) is 10.6 Å². The molecule has 1 fully saturated rings. The van der Waals surface area contributed by atoms with Gasteiger partial charge in [-0.15, -0.1) is 0 Å². The maximum atomic E-state index is 4.36. The van der Waals surface area contributed by atoms with Crippen molar-refractivity contribution in [3.05, 3.63) is 0 Å². The van der Waals surface area contributed by atoms with Crippen LogP contribution in [0.1, 0.15) is 25.7 Å². The summed E-state index contributed by atoms with van der Waals surface area (Å²) in [5, 5.41) is 7.65. The van der Waals surface area contributed by atoms with Crippen LogP contribution in [0.15, 0.2) is 4.99 Å². The molecular formula is C10H19N3S. The molecule has 1 aliphatic carbocycles. The molecule has 0 aromatic rings. The number of rotatable bonds is 2. The first-order valence-electron chi connectivity index (χ1n) is 5.46. The summed E-state index contributed by atoms with van der Waals surface area (Å²) in [6.45, 7) is 1.94. The van der Waals surface area contributed by atoms with Crippen molar-refractivity contribution in [1.29, 1.82) is 0 Å². The van der Waals surface area contributed by atoms with Gasteiger partial charge < -0.3 is 10.6 Å². The van der Waals surface area contributed by atoms with Crippen molar-refractivity contribution in [2.45, 2.75) is 37.0 Å². The Hall–Kier alpha value is -0.380. The number of hydrogen-bond donors (Lipinski definition) is 2. The quantitative estimate of drug-likeness (QED) is 0.724. The van der Waals surface area contributed by atoms with Crippen LogP contribution in [0.2, 0.25) is 0 Å². The van der Waals surface area contributed by atoms with Gasteiger partial charge in [0.25, 0.3) is 0 Å². The molecule has 4 heteroatoms. The van der Waals surface area contributed by atoms with Crippen molar-refractivity contribution in [2.24, 2.45) is 4.99 Å². The summed E-state index contributed by atoms with van der Waals surface area (Å²) in [6, 6.07) is 0.655. The fourth-order valence-corrected chi connectivity index (χ4v) is 2.87. The molecule has 0 aromatic heterocycles. The monoisotopic (exact) mass is 213 g/mol. The molecule has 0 spiro atoms. The molecule has 2 aliphatic rings. The van der Waals surface area contributed by atoms with E-state index in [1.807, 2.05) is 11.8 Å². The van der Waals surface area contributed by atoms with E-state index in [9.17, 15) is 0 Å². The summed E-state index contributed by atoms with van der Waals surface area (Å²) in [6.07, 6.45) is 7.53. The molecule has 2 rings (SSSR count). The van der Waals surface area contributed by atoms with Gasteiger partial charge in [0.05, 0.1) is 6.54 Å². The summed E-state index contributed by atoms with van der Waals surface area (Å²) < 4.78 is 0. The molecule has 1 aliphatic heterocycles. The van der Waals surface area contributed by atoms with Crippen LogP contribution in [-0.4, -0.2) is 36.6 Å². The second-order valence-electron chi connectivity index (χ2n) is 4.01. The fraction of sp³-hybridized carbons (Fsp3) is 0.900. The molecule has 2 N–H and O–H groups in total. The standard InChI is InChI=1S/C10H19N3S/c1-14-9-4-2-8(3-5-9)13-10-11-6-7-12-10/h8-9H,2-7H2,1H3,(H2,11,12,13). The van der Waals surface area contributed by atoms with E-state index in [-0.39, 0.29) is 0 Å². The van der Waals surface area contributed by atoms with E-state index in [0.29, 0.717) is 6.04 Å². The number of guanidine groups is 1. The predicted molar refractivity (Wildman–Crippen MR) is 63.0 cm³/mol. The van der Waals surface area contributed by atoms with Gasteiger partial charge in [-0.3, -0.25) is 4.99 Å². The second-order valence-corrected chi connectivity index (χ2v) is 5.15. The van der Waals surface area contributed by atoms with E-state index in [1.165, 1.54) is 25.7 Å². The molecule has 1 saturated carbocycles. The van der Waals surface area contributed by atoms with E-state index >= 15 is 0 Å². The lowest BCUT2D eigenvalue weighted by Crippen LogP contribution is -2.43.